The monoisotopic (exact) mass is 181 g/mol. The summed E-state index contributed by atoms with van der Waals surface area (Å²) in [5.74, 6) is 0. The molecule has 2 aromatic rings. The van der Waals surface area contributed by atoms with Gasteiger partial charge in [0.05, 0.1) is 0 Å². The fourth-order valence-corrected chi connectivity index (χ4v) is 0.625. The molecule has 2 rings (SSSR count). The first kappa shape index (κ1) is 12.3. The van der Waals surface area contributed by atoms with Crippen LogP contribution in [0.2, 0.25) is 0 Å². The Morgan fingerprint density at radius 1 is 0.462 bits per heavy atom. The second-order valence-electron chi connectivity index (χ2n) is 2.05. The van der Waals surface area contributed by atoms with E-state index >= 15 is 0 Å². The predicted molar refractivity (Wildman–Crippen MR) is 54.2 cm³/mol. The van der Waals surface area contributed by atoms with Crippen LogP contribution < -0.4 is 0 Å². The summed E-state index contributed by atoms with van der Waals surface area (Å²) in [6.07, 6.45) is 7.00. The van der Waals surface area contributed by atoms with Crippen molar-refractivity contribution in [2.45, 2.75) is 0 Å². The van der Waals surface area contributed by atoms with Gasteiger partial charge in [-0.15, -0.1) is 0 Å². The van der Waals surface area contributed by atoms with E-state index in [1.807, 2.05) is 36.4 Å². The fraction of sp³-hybridized carbons (Fsp3) is 0. The summed E-state index contributed by atoms with van der Waals surface area (Å²) in [5.41, 5.74) is 0. The number of nitrogens with zero attached hydrogens (tertiary/aromatic N) is 2. The smallest absolute Gasteiger partial charge is 0.0267 e. The SMILES string of the molecule is [Na].c1ccncc1.c1ccncc1. The normalized spacial score (nSPS) is 7.38. The van der Waals surface area contributed by atoms with E-state index in [1.54, 1.807) is 24.8 Å². The molecule has 13 heavy (non-hydrogen) atoms. The zero-order valence-electron chi connectivity index (χ0n) is 7.67. The molecule has 2 aromatic heterocycles. The molecule has 0 saturated carbocycles. The third kappa shape index (κ3) is 7.65. The number of pyridine rings is 2. The molecule has 0 aliphatic carbocycles. The molecule has 0 fully saturated rings. The topological polar surface area (TPSA) is 25.8 Å². The van der Waals surface area contributed by atoms with Crippen LogP contribution in [0.15, 0.2) is 61.2 Å². The molecular formula is C10H10N2Na. The Morgan fingerprint density at radius 2 is 0.769 bits per heavy atom. The maximum Gasteiger partial charge on any atom is 0.0267 e. The Balaban J connectivity index is 0.000000206. The average Bonchev–Trinajstić information content (AvgIpc) is 2.24. The van der Waals surface area contributed by atoms with Crippen LogP contribution in [0.1, 0.15) is 0 Å². The van der Waals surface area contributed by atoms with Gasteiger partial charge >= 0.3 is 0 Å². The van der Waals surface area contributed by atoms with Crippen molar-refractivity contribution in [3.8, 4) is 0 Å². The minimum absolute atomic E-state index is 0. The summed E-state index contributed by atoms with van der Waals surface area (Å²) in [6, 6.07) is 11.4. The molecule has 3 heteroatoms. The van der Waals surface area contributed by atoms with Gasteiger partial charge in [-0.3, -0.25) is 9.97 Å². The maximum absolute atomic E-state index is 3.78. The van der Waals surface area contributed by atoms with Crippen LogP contribution in [0.4, 0.5) is 0 Å². The second-order valence-corrected chi connectivity index (χ2v) is 2.05. The molecular weight excluding hydrogens is 171 g/mol. The molecule has 61 valence electrons. The molecule has 0 aliphatic rings. The average molecular weight is 181 g/mol. The van der Waals surface area contributed by atoms with Gasteiger partial charge in [-0.05, 0) is 24.3 Å². The standard InChI is InChI=1S/2C5H5N.Na/c2*1-2-4-6-5-3-1;/h2*1-5H;. The van der Waals surface area contributed by atoms with Crippen LogP contribution in [0.5, 0.6) is 0 Å². The minimum Gasteiger partial charge on any atom is -0.265 e. The molecule has 0 unspecified atom stereocenters. The van der Waals surface area contributed by atoms with Crippen molar-refractivity contribution in [3.63, 3.8) is 0 Å². The minimum atomic E-state index is 0. The summed E-state index contributed by atoms with van der Waals surface area (Å²) >= 11 is 0. The first-order valence-corrected chi connectivity index (χ1v) is 3.70. The van der Waals surface area contributed by atoms with Crippen molar-refractivity contribution >= 4 is 29.6 Å². The van der Waals surface area contributed by atoms with Crippen LogP contribution >= 0.6 is 0 Å². The van der Waals surface area contributed by atoms with Crippen molar-refractivity contribution in [2.75, 3.05) is 0 Å². The Labute approximate surface area is 100 Å². The van der Waals surface area contributed by atoms with Crippen molar-refractivity contribution in [2.24, 2.45) is 0 Å². The van der Waals surface area contributed by atoms with Gasteiger partial charge in [0.1, 0.15) is 0 Å². The van der Waals surface area contributed by atoms with Crippen molar-refractivity contribution < 1.29 is 0 Å². The molecule has 0 N–H and O–H groups in total. The molecule has 2 nitrogen and oxygen atoms in total. The van der Waals surface area contributed by atoms with Crippen LogP contribution in [-0.2, 0) is 0 Å². The van der Waals surface area contributed by atoms with Gasteiger partial charge in [0, 0.05) is 54.3 Å². The number of rotatable bonds is 0. The Morgan fingerprint density at radius 3 is 0.846 bits per heavy atom. The molecule has 0 bridgehead atoms. The third-order valence-corrected chi connectivity index (χ3v) is 1.13. The Bertz CT molecular complexity index is 188. The quantitative estimate of drug-likeness (QED) is 0.579. The van der Waals surface area contributed by atoms with Gasteiger partial charge in [0.15, 0.2) is 0 Å². The van der Waals surface area contributed by atoms with Crippen molar-refractivity contribution in [3.05, 3.63) is 61.2 Å². The van der Waals surface area contributed by atoms with E-state index in [2.05, 4.69) is 9.97 Å². The van der Waals surface area contributed by atoms with E-state index in [1.165, 1.54) is 0 Å². The second kappa shape index (κ2) is 9.39. The maximum atomic E-state index is 3.78. The van der Waals surface area contributed by atoms with Gasteiger partial charge in [-0.2, -0.15) is 0 Å². The Kier molecular flexibility index (Phi) is 8.88. The summed E-state index contributed by atoms with van der Waals surface area (Å²) in [4.78, 5) is 7.57. The molecule has 0 aromatic carbocycles. The van der Waals surface area contributed by atoms with Gasteiger partial charge in [0.25, 0.3) is 0 Å². The molecule has 0 atom stereocenters. The van der Waals surface area contributed by atoms with E-state index in [4.69, 9.17) is 0 Å². The predicted octanol–water partition coefficient (Wildman–Crippen LogP) is 1.78. The molecule has 0 amide bonds. The third-order valence-electron chi connectivity index (χ3n) is 1.13. The summed E-state index contributed by atoms with van der Waals surface area (Å²) < 4.78 is 0. The molecule has 0 aliphatic heterocycles. The van der Waals surface area contributed by atoms with Gasteiger partial charge in [0.2, 0.25) is 0 Å². The molecule has 0 saturated heterocycles. The zero-order valence-corrected chi connectivity index (χ0v) is 9.67. The fourth-order valence-electron chi connectivity index (χ4n) is 0.625. The summed E-state index contributed by atoms with van der Waals surface area (Å²) in [6.45, 7) is 0. The number of hydrogen-bond acceptors (Lipinski definition) is 2. The first-order valence-electron chi connectivity index (χ1n) is 3.70. The number of aromatic nitrogens is 2. The van der Waals surface area contributed by atoms with Crippen molar-refractivity contribution in [1.29, 1.82) is 0 Å². The van der Waals surface area contributed by atoms with Gasteiger partial charge in [-0.25, -0.2) is 0 Å². The van der Waals surface area contributed by atoms with Crippen LogP contribution in [-0.4, -0.2) is 39.5 Å². The van der Waals surface area contributed by atoms with Crippen LogP contribution in [0.25, 0.3) is 0 Å². The van der Waals surface area contributed by atoms with E-state index in [-0.39, 0.29) is 29.6 Å². The molecule has 1 radical (unpaired) electrons. The summed E-state index contributed by atoms with van der Waals surface area (Å²) in [7, 11) is 0. The molecule has 2 heterocycles. The first-order chi connectivity index (χ1) is 6.00. The number of hydrogen-bond donors (Lipinski definition) is 0. The van der Waals surface area contributed by atoms with Crippen LogP contribution in [0, 0.1) is 0 Å². The van der Waals surface area contributed by atoms with Crippen molar-refractivity contribution in [1.82, 2.24) is 9.97 Å². The Hall–Kier alpha value is -0.700. The van der Waals surface area contributed by atoms with E-state index in [9.17, 15) is 0 Å². The van der Waals surface area contributed by atoms with Gasteiger partial charge < -0.3 is 0 Å². The van der Waals surface area contributed by atoms with E-state index < -0.39 is 0 Å². The largest absolute Gasteiger partial charge is 0.265 e. The van der Waals surface area contributed by atoms with Crippen LogP contribution in [0.3, 0.4) is 0 Å². The van der Waals surface area contributed by atoms with E-state index in [0.29, 0.717) is 0 Å². The van der Waals surface area contributed by atoms with Gasteiger partial charge in [-0.1, -0.05) is 12.1 Å². The zero-order chi connectivity index (χ0) is 8.49. The molecule has 0 spiro atoms. The van der Waals surface area contributed by atoms with E-state index in [0.717, 1.165) is 0 Å². The summed E-state index contributed by atoms with van der Waals surface area (Å²) in [5, 5.41) is 0.